The number of hydrogen-bond acceptors (Lipinski definition) is 4. The second-order valence-electron chi connectivity index (χ2n) is 7.24. The Morgan fingerprint density at radius 1 is 1.16 bits per heavy atom. The van der Waals surface area contributed by atoms with E-state index in [1.165, 1.54) is 45.1 Å². The van der Waals surface area contributed by atoms with Crippen LogP contribution in [-0.2, 0) is 29.9 Å². The van der Waals surface area contributed by atoms with Gasteiger partial charge in [-0.05, 0) is 65.6 Å². The van der Waals surface area contributed by atoms with Gasteiger partial charge in [-0.15, -0.1) is 0 Å². The molecule has 164 valence electrons. The summed E-state index contributed by atoms with van der Waals surface area (Å²) in [5.41, 5.74) is 9.24. The monoisotopic (exact) mass is 437 g/mol. The summed E-state index contributed by atoms with van der Waals surface area (Å²) in [7, 11) is 0. The molecule has 2 heterocycles. The molecule has 0 atom stereocenters. The van der Waals surface area contributed by atoms with E-state index in [9.17, 15) is 4.79 Å². The van der Waals surface area contributed by atoms with Gasteiger partial charge in [-0.2, -0.15) is 11.8 Å². The first-order valence-corrected chi connectivity index (χ1v) is 12.0. The molecule has 1 aliphatic rings. The number of hydrogen-bond donors (Lipinski definition) is 4. The zero-order valence-electron chi connectivity index (χ0n) is 18.2. The molecule has 0 aliphatic carbocycles. The molecule has 0 radical (unpaired) electrons. The molecule has 0 saturated heterocycles. The molecule has 4 rings (SSSR count). The number of thioether (sulfide) groups is 1. The molecule has 31 heavy (non-hydrogen) atoms. The molecule has 0 unspecified atom stereocenters. The summed E-state index contributed by atoms with van der Waals surface area (Å²) in [4.78, 5) is 14.6. The van der Waals surface area contributed by atoms with Crippen molar-refractivity contribution >= 4 is 34.6 Å². The zero-order chi connectivity index (χ0) is 22.1. The Labute approximate surface area is 188 Å². The third-order valence-electron chi connectivity index (χ3n) is 5.24. The van der Waals surface area contributed by atoms with Crippen molar-refractivity contribution in [1.29, 1.82) is 0 Å². The van der Waals surface area contributed by atoms with Gasteiger partial charge in [0.1, 0.15) is 0 Å². The Kier molecular flexibility index (Phi) is 8.76. The van der Waals surface area contributed by atoms with Crippen LogP contribution in [0.2, 0.25) is 0 Å². The van der Waals surface area contributed by atoms with Crippen LogP contribution in [0.3, 0.4) is 0 Å². The van der Waals surface area contributed by atoms with Crippen LogP contribution in [-0.4, -0.2) is 28.4 Å². The van der Waals surface area contributed by atoms with Crippen molar-refractivity contribution in [2.75, 3.05) is 12.3 Å². The van der Waals surface area contributed by atoms with Crippen molar-refractivity contribution in [2.45, 2.75) is 39.0 Å². The number of nitrogens with one attached hydrogen (secondary N) is 3. The molecule has 0 fully saturated rings. The summed E-state index contributed by atoms with van der Waals surface area (Å²) in [6.45, 7) is 5.73. The van der Waals surface area contributed by atoms with Crippen molar-refractivity contribution in [2.24, 2.45) is 0 Å². The molecular weight excluding hydrogens is 406 g/mol. The van der Waals surface area contributed by atoms with Crippen molar-refractivity contribution in [3.8, 4) is 0 Å². The average molecular weight is 438 g/mol. The largest absolute Gasteiger partial charge is 0.357 e. The van der Waals surface area contributed by atoms with E-state index >= 15 is 0 Å². The first kappa shape index (κ1) is 23.1. The Balaban J connectivity index is 0.00000132. The number of carbonyl (C=O) groups excluding carboxylic acids is 1. The Morgan fingerprint density at radius 2 is 1.94 bits per heavy atom. The normalized spacial score (nSPS) is 13.0. The van der Waals surface area contributed by atoms with E-state index in [1.807, 2.05) is 49.9 Å². The molecular formula is C25H31N3O2S. The van der Waals surface area contributed by atoms with E-state index < -0.39 is 5.91 Å². The number of H-pyrrole nitrogens is 1. The van der Waals surface area contributed by atoms with Crippen LogP contribution < -0.4 is 10.8 Å². The summed E-state index contributed by atoms with van der Waals surface area (Å²) < 4.78 is 0. The van der Waals surface area contributed by atoms with E-state index in [1.54, 1.807) is 11.6 Å². The van der Waals surface area contributed by atoms with Crippen molar-refractivity contribution in [3.05, 3.63) is 76.5 Å². The number of aromatic nitrogens is 1. The van der Waals surface area contributed by atoms with Crippen LogP contribution in [0.1, 0.15) is 41.8 Å². The van der Waals surface area contributed by atoms with Gasteiger partial charge in [0.2, 0.25) is 0 Å². The smallest absolute Gasteiger partial charge is 0.267 e. The van der Waals surface area contributed by atoms with Gasteiger partial charge in [-0.25, -0.2) is 5.48 Å². The molecule has 0 spiro atoms. The third kappa shape index (κ3) is 6.23. The van der Waals surface area contributed by atoms with Gasteiger partial charge in [0.25, 0.3) is 5.91 Å². The molecule has 6 heteroatoms. The minimum absolute atomic E-state index is 0.534. The standard InChI is InChI=1S/C23H25N3O2S.C2H6/c27-23(26-28)8-6-16-1-3-18(4-2-16)14-24-11-9-17-5-7-21-20(13-17)19-10-12-29-15-22(19)25-21;1-2/h1-8,13,24-25,28H,9-12,14-15H2,(H,26,27);1-2H3/b8-6+;. The fourth-order valence-electron chi connectivity index (χ4n) is 3.68. The highest BCUT2D eigenvalue weighted by Gasteiger charge is 2.15. The predicted molar refractivity (Wildman–Crippen MR) is 130 cm³/mol. The van der Waals surface area contributed by atoms with E-state index in [-0.39, 0.29) is 0 Å². The number of amides is 1. The molecule has 0 saturated carbocycles. The van der Waals surface area contributed by atoms with E-state index in [2.05, 4.69) is 28.5 Å². The highest BCUT2D eigenvalue weighted by molar-refractivity contribution is 7.98. The number of aromatic amines is 1. The second kappa shape index (κ2) is 11.7. The fraction of sp³-hybridized carbons (Fsp3) is 0.320. The van der Waals surface area contributed by atoms with Gasteiger partial charge in [-0.3, -0.25) is 10.0 Å². The summed E-state index contributed by atoms with van der Waals surface area (Å²) in [5.74, 6) is 1.78. The summed E-state index contributed by atoms with van der Waals surface area (Å²) in [6, 6.07) is 14.8. The van der Waals surface area contributed by atoms with Gasteiger partial charge in [0, 0.05) is 35.0 Å². The molecule has 1 aliphatic heterocycles. The fourth-order valence-corrected chi connectivity index (χ4v) is 4.63. The topological polar surface area (TPSA) is 77.2 Å². The number of carbonyl (C=O) groups is 1. The lowest BCUT2D eigenvalue weighted by molar-refractivity contribution is -0.124. The quantitative estimate of drug-likeness (QED) is 0.185. The molecule has 1 aromatic heterocycles. The Bertz CT molecular complexity index is 1030. The van der Waals surface area contributed by atoms with Crippen LogP contribution in [0.4, 0.5) is 0 Å². The predicted octanol–water partition coefficient (Wildman–Crippen LogP) is 4.83. The third-order valence-corrected chi connectivity index (χ3v) is 6.22. The summed E-state index contributed by atoms with van der Waals surface area (Å²) in [5, 5.41) is 13.4. The lowest BCUT2D eigenvalue weighted by Gasteiger charge is -2.10. The van der Waals surface area contributed by atoms with E-state index in [4.69, 9.17) is 5.21 Å². The average Bonchev–Trinajstić information content (AvgIpc) is 3.20. The maximum Gasteiger partial charge on any atom is 0.267 e. The maximum absolute atomic E-state index is 11.0. The zero-order valence-corrected chi connectivity index (χ0v) is 19.0. The van der Waals surface area contributed by atoms with Gasteiger partial charge in [-0.1, -0.05) is 44.2 Å². The van der Waals surface area contributed by atoms with E-state index in [0.29, 0.717) is 0 Å². The highest BCUT2D eigenvalue weighted by Crippen LogP contribution is 2.31. The molecule has 4 N–H and O–H groups in total. The number of benzene rings is 2. The minimum atomic E-state index is -0.534. The van der Waals surface area contributed by atoms with Crippen molar-refractivity contribution in [1.82, 2.24) is 15.8 Å². The molecule has 0 bridgehead atoms. The Hall–Kier alpha value is -2.54. The van der Waals surface area contributed by atoms with Gasteiger partial charge in [0.05, 0.1) is 0 Å². The molecule has 3 aromatic rings. The van der Waals surface area contributed by atoms with Crippen LogP contribution in [0.25, 0.3) is 17.0 Å². The van der Waals surface area contributed by atoms with Crippen molar-refractivity contribution in [3.63, 3.8) is 0 Å². The second-order valence-corrected chi connectivity index (χ2v) is 8.35. The van der Waals surface area contributed by atoms with Crippen LogP contribution in [0, 0.1) is 0 Å². The molecule has 2 aromatic carbocycles. The van der Waals surface area contributed by atoms with Crippen LogP contribution in [0.5, 0.6) is 0 Å². The van der Waals surface area contributed by atoms with Gasteiger partial charge in [0.15, 0.2) is 0 Å². The number of hydroxylamine groups is 1. The van der Waals surface area contributed by atoms with E-state index in [0.717, 1.165) is 37.2 Å². The highest BCUT2D eigenvalue weighted by atomic mass is 32.2. The summed E-state index contributed by atoms with van der Waals surface area (Å²) in [6.07, 6.45) is 5.13. The first-order chi connectivity index (χ1) is 15.2. The SMILES string of the molecule is CC.O=C(/C=C/c1ccc(CNCCc2ccc3[nH]c4c(c3c2)CCSC4)cc1)NO. The van der Waals surface area contributed by atoms with Gasteiger partial charge >= 0.3 is 0 Å². The van der Waals surface area contributed by atoms with Gasteiger partial charge < -0.3 is 10.3 Å². The number of aryl methyl sites for hydroxylation is 1. The lowest BCUT2D eigenvalue weighted by atomic mass is 10.0. The number of fused-ring (bicyclic) bond motifs is 3. The maximum atomic E-state index is 11.0. The minimum Gasteiger partial charge on any atom is -0.357 e. The number of rotatable bonds is 7. The molecule has 5 nitrogen and oxygen atoms in total. The molecule has 1 amide bonds. The first-order valence-electron chi connectivity index (χ1n) is 10.8. The van der Waals surface area contributed by atoms with Crippen LogP contribution in [0.15, 0.2) is 48.5 Å². The Morgan fingerprint density at radius 3 is 2.71 bits per heavy atom. The summed E-state index contributed by atoms with van der Waals surface area (Å²) >= 11 is 2.00. The van der Waals surface area contributed by atoms with Crippen molar-refractivity contribution < 1.29 is 10.0 Å². The van der Waals surface area contributed by atoms with Crippen LogP contribution >= 0.6 is 11.8 Å². The lowest BCUT2D eigenvalue weighted by Crippen LogP contribution is -2.16.